The van der Waals surface area contributed by atoms with Crippen LogP contribution in [0.15, 0.2) is 47.8 Å². The van der Waals surface area contributed by atoms with Crippen molar-refractivity contribution in [3.63, 3.8) is 0 Å². The highest BCUT2D eigenvalue weighted by Crippen LogP contribution is 2.26. The molecule has 3 rings (SSSR count). The van der Waals surface area contributed by atoms with Gasteiger partial charge in [0.15, 0.2) is 5.82 Å². The predicted octanol–water partition coefficient (Wildman–Crippen LogP) is 4.60. The van der Waals surface area contributed by atoms with E-state index < -0.39 is 0 Å². The first kappa shape index (κ1) is 17.5. The quantitative estimate of drug-likeness (QED) is 0.588. The second kappa shape index (κ2) is 8.69. The van der Waals surface area contributed by atoms with Crippen LogP contribution in [0.3, 0.4) is 0 Å². The molecule has 0 aliphatic carbocycles. The third-order valence-corrected chi connectivity index (χ3v) is 4.97. The monoisotopic (exact) mass is 356 g/mol. The van der Waals surface area contributed by atoms with Gasteiger partial charge in [0, 0.05) is 18.3 Å². The number of rotatable bonds is 9. The number of likely N-dealkylation sites (N-methyl/N-ethyl adjacent to an activating group) is 1. The van der Waals surface area contributed by atoms with E-state index in [1.807, 2.05) is 36.4 Å². The lowest BCUT2D eigenvalue weighted by atomic mass is 10.3. The van der Waals surface area contributed by atoms with Crippen LogP contribution in [-0.4, -0.2) is 41.3 Å². The molecule has 25 heavy (non-hydrogen) atoms. The van der Waals surface area contributed by atoms with E-state index in [4.69, 9.17) is 4.74 Å². The number of hydrogen-bond acceptors (Lipinski definition) is 5. The average molecular weight is 356 g/mol. The molecule has 2 N–H and O–H groups in total. The lowest BCUT2D eigenvalue weighted by Gasteiger charge is -2.18. The summed E-state index contributed by atoms with van der Waals surface area (Å²) in [5, 5.41) is 12.7. The number of ether oxygens (including phenoxy) is 1. The number of hydrogen-bond donors (Lipinski definition) is 2. The summed E-state index contributed by atoms with van der Waals surface area (Å²) in [6.07, 6.45) is 0. The van der Waals surface area contributed by atoms with Crippen molar-refractivity contribution in [3.05, 3.63) is 47.8 Å². The average Bonchev–Trinajstić information content (AvgIpc) is 3.32. The molecule has 0 radical (unpaired) electrons. The molecule has 0 amide bonds. The second-order valence-corrected chi connectivity index (χ2v) is 6.62. The minimum atomic E-state index is 0.706. The summed E-state index contributed by atoms with van der Waals surface area (Å²) < 4.78 is 5.81. The molecule has 132 valence electrons. The Hall–Kier alpha value is -2.31. The number of H-pyrrole nitrogens is 1. The fraction of sp³-hybridized carbons (Fsp3) is 0.316. The summed E-state index contributed by atoms with van der Waals surface area (Å²) in [4.78, 5) is 3.52. The van der Waals surface area contributed by atoms with Crippen molar-refractivity contribution in [3.8, 4) is 16.3 Å². The fourth-order valence-electron chi connectivity index (χ4n) is 2.56. The van der Waals surface area contributed by atoms with Crippen molar-refractivity contribution in [2.75, 3.05) is 31.6 Å². The van der Waals surface area contributed by atoms with E-state index in [-0.39, 0.29) is 0 Å². The zero-order chi connectivity index (χ0) is 17.5. The first-order valence-electron chi connectivity index (χ1n) is 8.60. The molecular formula is C19H24N4OS. The Morgan fingerprint density at radius 3 is 2.64 bits per heavy atom. The highest BCUT2D eigenvalue weighted by Gasteiger charge is 2.05. The highest BCUT2D eigenvalue weighted by atomic mass is 32.1. The van der Waals surface area contributed by atoms with E-state index in [9.17, 15) is 0 Å². The standard InChI is InChI=1S/C19H24N4OS/c1-3-23(4-2)11-12-24-16-9-7-15(8-10-16)20-19-14-17(21-22-19)18-6-5-13-25-18/h5-10,13-14H,3-4,11-12H2,1-2H3,(H2,20,21,22). The molecule has 0 saturated heterocycles. The molecule has 0 aliphatic rings. The fourth-order valence-corrected chi connectivity index (χ4v) is 3.25. The van der Waals surface area contributed by atoms with Crippen LogP contribution in [0.25, 0.3) is 10.6 Å². The van der Waals surface area contributed by atoms with Crippen LogP contribution in [0.4, 0.5) is 11.5 Å². The van der Waals surface area contributed by atoms with E-state index in [0.717, 1.165) is 42.6 Å². The summed E-state index contributed by atoms with van der Waals surface area (Å²) in [6, 6.07) is 14.1. The Morgan fingerprint density at radius 2 is 1.96 bits per heavy atom. The zero-order valence-corrected chi connectivity index (χ0v) is 15.5. The van der Waals surface area contributed by atoms with E-state index >= 15 is 0 Å². The van der Waals surface area contributed by atoms with E-state index in [1.54, 1.807) is 11.3 Å². The Kier molecular flexibility index (Phi) is 6.09. The predicted molar refractivity (Wildman–Crippen MR) is 105 cm³/mol. The van der Waals surface area contributed by atoms with E-state index in [1.165, 1.54) is 4.88 Å². The largest absolute Gasteiger partial charge is 0.492 e. The van der Waals surface area contributed by atoms with Crippen molar-refractivity contribution >= 4 is 22.8 Å². The van der Waals surface area contributed by atoms with E-state index in [0.29, 0.717) is 6.61 Å². The van der Waals surface area contributed by atoms with Crippen LogP contribution in [0.2, 0.25) is 0 Å². The van der Waals surface area contributed by atoms with Gasteiger partial charge in [0.25, 0.3) is 0 Å². The number of nitrogens with one attached hydrogen (secondary N) is 2. The number of benzene rings is 1. The number of aromatic nitrogens is 2. The van der Waals surface area contributed by atoms with Crippen molar-refractivity contribution in [1.82, 2.24) is 15.1 Å². The van der Waals surface area contributed by atoms with Crippen molar-refractivity contribution in [2.45, 2.75) is 13.8 Å². The number of thiophene rings is 1. The van der Waals surface area contributed by atoms with Gasteiger partial charge in [-0.1, -0.05) is 19.9 Å². The molecule has 6 heteroatoms. The lowest BCUT2D eigenvalue weighted by Crippen LogP contribution is -2.27. The van der Waals surface area contributed by atoms with Crippen LogP contribution < -0.4 is 10.1 Å². The first-order chi connectivity index (χ1) is 12.3. The molecule has 3 aromatic rings. The third kappa shape index (κ3) is 4.84. The Bertz CT molecular complexity index is 748. The SMILES string of the molecule is CCN(CC)CCOc1ccc(Nc2cc(-c3cccs3)[nH]n2)cc1. The van der Waals surface area contributed by atoms with Crippen LogP contribution in [0, 0.1) is 0 Å². The first-order valence-corrected chi connectivity index (χ1v) is 9.48. The van der Waals surface area contributed by atoms with Crippen molar-refractivity contribution in [2.24, 2.45) is 0 Å². The molecule has 0 bridgehead atoms. The Balaban J connectivity index is 1.52. The van der Waals surface area contributed by atoms with Crippen LogP contribution in [0.1, 0.15) is 13.8 Å². The second-order valence-electron chi connectivity index (χ2n) is 5.67. The van der Waals surface area contributed by atoms with E-state index in [2.05, 4.69) is 45.7 Å². The number of anilines is 2. The molecule has 5 nitrogen and oxygen atoms in total. The van der Waals surface area contributed by atoms with Crippen LogP contribution >= 0.6 is 11.3 Å². The van der Waals surface area contributed by atoms with Gasteiger partial charge < -0.3 is 15.0 Å². The van der Waals surface area contributed by atoms with Gasteiger partial charge in [-0.15, -0.1) is 11.3 Å². The summed E-state index contributed by atoms with van der Waals surface area (Å²) in [7, 11) is 0. The maximum Gasteiger partial charge on any atom is 0.152 e. The summed E-state index contributed by atoms with van der Waals surface area (Å²) in [5.41, 5.74) is 2.01. The molecule has 2 aromatic heterocycles. The van der Waals surface area contributed by atoms with Gasteiger partial charge in [-0.05, 0) is 48.8 Å². The number of nitrogens with zero attached hydrogens (tertiary/aromatic N) is 2. The highest BCUT2D eigenvalue weighted by molar-refractivity contribution is 7.13. The minimum absolute atomic E-state index is 0.706. The smallest absolute Gasteiger partial charge is 0.152 e. The maximum atomic E-state index is 5.81. The van der Waals surface area contributed by atoms with Gasteiger partial charge in [-0.25, -0.2) is 0 Å². The van der Waals surface area contributed by atoms with Gasteiger partial charge in [-0.2, -0.15) is 5.10 Å². The molecule has 0 unspecified atom stereocenters. The molecule has 1 aromatic carbocycles. The molecule has 0 saturated carbocycles. The number of aromatic amines is 1. The van der Waals surface area contributed by atoms with Crippen molar-refractivity contribution < 1.29 is 4.74 Å². The Morgan fingerprint density at radius 1 is 1.16 bits per heavy atom. The summed E-state index contributed by atoms with van der Waals surface area (Å²) in [6.45, 7) is 8.11. The summed E-state index contributed by atoms with van der Waals surface area (Å²) in [5.74, 6) is 1.69. The minimum Gasteiger partial charge on any atom is -0.492 e. The van der Waals surface area contributed by atoms with Gasteiger partial charge in [0.2, 0.25) is 0 Å². The molecule has 0 fully saturated rings. The summed E-state index contributed by atoms with van der Waals surface area (Å²) >= 11 is 1.69. The Labute approximate surface area is 152 Å². The van der Waals surface area contributed by atoms with Gasteiger partial charge >= 0.3 is 0 Å². The van der Waals surface area contributed by atoms with Gasteiger partial charge in [0.1, 0.15) is 12.4 Å². The molecule has 2 heterocycles. The molecule has 0 atom stereocenters. The van der Waals surface area contributed by atoms with Crippen molar-refractivity contribution in [1.29, 1.82) is 0 Å². The lowest BCUT2D eigenvalue weighted by molar-refractivity contribution is 0.223. The van der Waals surface area contributed by atoms with Gasteiger partial charge in [-0.3, -0.25) is 5.10 Å². The molecule has 0 spiro atoms. The maximum absolute atomic E-state index is 5.81. The molecular weight excluding hydrogens is 332 g/mol. The van der Waals surface area contributed by atoms with Crippen LogP contribution in [-0.2, 0) is 0 Å². The normalized spacial score (nSPS) is 11.0. The molecule has 0 aliphatic heterocycles. The topological polar surface area (TPSA) is 53.2 Å². The van der Waals surface area contributed by atoms with Crippen LogP contribution in [0.5, 0.6) is 5.75 Å². The third-order valence-electron chi connectivity index (χ3n) is 4.06. The zero-order valence-electron chi connectivity index (χ0n) is 14.7. The van der Waals surface area contributed by atoms with Gasteiger partial charge in [0.05, 0.1) is 10.6 Å².